The van der Waals surface area contributed by atoms with Gasteiger partial charge in [-0.15, -0.1) is 0 Å². The minimum absolute atomic E-state index is 0.0152. The summed E-state index contributed by atoms with van der Waals surface area (Å²) in [5.74, 6) is -0.552. The second-order valence-electron chi connectivity index (χ2n) is 3.57. The van der Waals surface area contributed by atoms with Crippen molar-refractivity contribution in [2.45, 2.75) is 0 Å². The van der Waals surface area contributed by atoms with Gasteiger partial charge in [0.25, 0.3) is 11.6 Å². The summed E-state index contributed by atoms with van der Waals surface area (Å²) >= 11 is 11.5. The number of nitro benzene ring substituents is 1. The van der Waals surface area contributed by atoms with Gasteiger partial charge in [-0.2, -0.15) is 0 Å². The van der Waals surface area contributed by atoms with Crippen molar-refractivity contribution < 1.29 is 9.72 Å². The predicted molar refractivity (Wildman–Crippen MR) is 73.1 cm³/mol. The van der Waals surface area contributed by atoms with Crippen molar-refractivity contribution in [2.75, 3.05) is 5.32 Å². The molecule has 20 heavy (non-hydrogen) atoms. The number of halogens is 2. The third-order valence-corrected chi connectivity index (χ3v) is 3.05. The SMILES string of the molecule is O=C(Nc1ncccn1)c1cc(Cl)c(Cl)c([N+](=O)[O-])c1. The summed E-state index contributed by atoms with van der Waals surface area (Å²) < 4.78 is 0. The molecule has 2 rings (SSSR count). The fraction of sp³-hybridized carbons (Fsp3) is 0. The van der Waals surface area contributed by atoms with Crippen LogP contribution in [0.15, 0.2) is 30.6 Å². The molecule has 1 aromatic carbocycles. The van der Waals surface area contributed by atoms with E-state index in [2.05, 4.69) is 15.3 Å². The van der Waals surface area contributed by atoms with Gasteiger partial charge in [-0.25, -0.2) is 9.97 Å². The molecule has 0 bridgehead atoms. The van der Waals surface area contributed by atoms with Crippen molar-refractivity contribution in [3.8, 4) is 0 Å². The number of carbonyl (C=O) groups is 1. The monoisotopic (exact) mass is 312 g/mol. The summed E-state index contributed by atoms with van der Waals surface area (Å²) in [6.45, 7) is 0. The Morgan fingerprint density at radius 3 is 2.50 bits per heavy atom. The van der Waals surface area contributed by atoms with Crippen LogP contribution in [0.4, 0.5) is 11.6 Å². The van der Waals surface area contributed by atoms with E-state index in [4.69, 9.17) is 23.2 Å². The van der Waals surface area contributed by atoms with Crippen LogP contribution in [0.3, 0.4) is 0 Å². The average Bonchev–Trinajstić information content (AvgIpc) is 2.42. The largest absolute Gasteiger partial charge is 0.290 e. The van der Waals surface area contributed by atoms with E-state index in [1.165, 1.54) is 18.5 Å². The highest BCUT2D eigenvalue weighted by Crippen LogP contribution is 2.33. The lowest BCUT2D eigenvalue weighted by molar-refractivity contribution is -0.384. The first-order chi connectivity index (χ1) is 9.49. The van der Waals surface area contributed by atoms with Gasteiger partial charge < -0.3 is 0 Å². The van der Waals surface area contributed by atoms with Gasteiger partial charge in [0.15, 0.2) is 0 Å². The lowest BCUT2D eigenvalue weighted by atomic mass is 10.2. The van der Waals surface area contributed by atoms with Gasteiger partial charge in [-0.3, -0.25) is 20.2 Å². The molecule has 0 radical (unpaired) electrons. The van der Waals surface area contributed by atoms with E-state index < -0.39 is 16.5 Å². The molecule has 1 aromatic heterocycles. The fourth-order valence-corrected chi connectivity index (χ4v) is 1.77. The van der Waals surface area contributed by atoms with Crippen LogP contribution in [-0.2, 0) is 0 Å². The molecular weight excluding hydrogens is 307 g/mol. The van der Waals surface area contributed by atoms with Crippen LogP contribution in [0, 0.1) is 10.1 Å². The molecule has 102 valence electrons. The van der Waals surface area contributed by atoms with Crippen LogP contribution < -0.4 is 5.32 Å². The van der Waals surface area contributed by atoms with E-state index in [0.29, 0.717) is 0 Å². The van der Waals surface area contributed by atoms with Crippen molar-refractivity contribution in [3.05, 3.63) is 56.3 Å². The number of carbonyl (C=O) groups excluding carboxylic acids is 1. The zero-order valence-corrected chi connectivity index (χ0v) is 11.2. The van der Waals surface area contributed by atoms with Crippen LogP contribution in [0.25, 0.3) is 0 Å². The van der Waals surface area contributed by atoms with Crippen molar-refractivity contribution in [1.29, 1.82) is 0 Å². The third-order valence-electron chi connectivity index (χ3n) is 2.26. The zero-order chi connectivity index (χ0) is 14.7. The van der Waals surface area contributed by atoms with Gasteiger partial charge >= 0.3 is 0 Å². The molecule has 0 unspecified atom stereocenters. The first kappa shape index (κ1) is 14.2. The summed E-state index contributed by atoms with van der Waals surface area (Å²) in [6, 6.07) is 3.85. The summed E-state index contributed by atoms with van der Waals surface area (Å²) in [5, 5.41) is 12.9. The first-order valence-electron chi connectivity index (χ1n) is 5.21. The van der Waals surface area contributed by atoms with Gasteiger partial charge in [0, 0.05) is 24.0 Å². The highest BCUT2D eigenvalue weighted by Gasteiger charge is 2.20. The van der Waals surface area contributed by atoms with Crippen molar-refractivity contribution in [2.24, 2.45) is 0 Å². The minimum atomic E-state index is -0.718. The lowest BCUT2D eigenvalue weighted by Gasteiger charge is -2.05. The summed E-state index contributed by atoms with van der Waals surface area (Å²) in [7, 11) is 0. The maximum atomic E-state index is 11.9. The quantitative estimate of drug-likeness (QED) is 0.694. The number of hydrogen-bond donors (Lipinski definition) is 1. The molecule has 1 heterocycles. The lowest BCUT2D eigenvalue weighted by Crippen LogP contribution is -2.14. The number of hydrogen-bond acceptors (Lipinski definition) is 5. The molecule has 0 saturated heterocycles. The number of nitrogens with one attached hydrogen (secondary N) is 1. The first-order valence-corrected chi connectivity index (χ1v) is 5.96. The molecule has 0 aliphatic heterocycles. The molecule has 9 heteroatoms. The van der Waals surface area contributed by atoms with Crippen molar-refractivity contribution >= 4 is 40.7 Å². The molecule has 1 N–H and O–H groups in total. The Bertz CT molecular complexity index is 679. The topological polar surface area (TPSA) is 98.0 Å². The Hall–Kier alpha value is -2.25. The molecule has 2 aromatic rings. The number of aromatic nitrogens is 2. The number of benzene rings is 1. The normalized spacial score (nSPS) is 10.1. The summed E-state index contributed by atoms with van der Waals surface area (Å²) in [5.41, 5.74) is -0.461. The molecular formula is C11H6Cl2N4O3. The smallest absolute Gasteiger partial charge is 0.290 e. The van der Waals surface area contributed by atoms with Gasteiger partial charge in [0.05, 0.1) is 9.95 Å². The summed E-state index contributed by atoms with van der Waals surface area (Å²) in [4.78, 5) is 29.6. The second-order valence-corrected chi connectivity index (χ2v) is 4.36. The fourth-order valence-electron chi connectivity index (χ4n) is 1.38. The predicted octanol–water partition coefficient (Wildman–Crippen LogP) is 2.94. The molecule has 0 spiro atoms. The molecule has 1 amide bonds. The Labute approximate surface area is 122 Å². The number of nitrogens with zero attached hydrogens (tertiary/aromatic N) is 3. The number of anilines is 1. The molecule has 0 atom stereocenters. The summed E-state index contributed by atoms with van der Waals surface area (Å²) in [6.07, 6.45) is 2.89. The average molecular weight is 313 g/mol. The molecule has 0 fully saturated rings. The van der Waals surface area contributed by atoms with Gasteiger partial charge in [0.1, 0.15) is 5.02 Å². The number of nitro groups is 1. The Balaban J connectivity index is 2.33. The van der Waals surface area contributed by atoms with Gasteiger partial charge in [0.2, 0.25) is 5.95 Å². The van der Waals surface area contributed by atoms with E-state index in [1.54, 1.807) is 6.07 Å². The van der Waals surface area contributed by atoms with E-state index in [-0.39, 0.29) is 21.6 Å². The maximum Gasteiger partial charge on any atom is 0.290 e. The number of rotatable bonds is 3. The Morgan fingerprint density at radius 1 is 1.25 bits per heavy atom. The highest BCUT2D eigenvalue weighted by molar-refractivity contribution is 6.43. The molecule has 0 aliphatic carbocycles. The van der Waals surface area contributed by atoms with Crippen LogP contribution >= 0.6 is 23.2 Å². The molecule has 0 aliphatic rings. The minimum Gasteiger partial charge on any atom is -0.290 e. The van der Waals surface area contributed by atoms with Gasteiger partial charge in [-0.1, -0.05) is 23.2 Å². The third kappa shape index (κ3) is 3.01. The maximum absolute atomic E-state index is 11.9. The van der Waals surface area contributed by atoms with Crippen LogP contribution in [-0.4, -0.2) is 20.8 Å². The van der Waals surface area contributed by atoms with E-state index in [0.717, 1.165) is 6.07 Å². The standard InChI is InChI=1S/C11H6Cl2N4O3/c12-7-4-6(5-8(9(7)13)17(19)20)10(18)16-11-14-2-1-3-15-11/h1-5H,(H,14,15,16,18). The highest BCUT2D eigenvalue weighted by atomic mass is 35.5. The van der Waals surface area contributed by atoms with Crippen LogP contribution in [0.5, 0.6) is 0 Å². The second kappa shape index (κ2) is 5.81. The zero-order valence-electron chi connectivity index (χ0n) is 9.71. The van der Waals surface area contributed by atoms with E-state index >= 15 is 0 Å². The van der Waals surface area contributed by atoms with Crippen molar-refractivity contribution in [3.63, 3.8) is 0 Å². The van der Waals surface area contributed by atoms with Gasteiger partial charge in [-0.05, 0) is 12.1 Å². The molecule has 7 nitrogen and oxygen atoms in total. The Morgan fingerprint density at radius 2 is 1.90 bits per heavy atom. The molecule has 0 saturated carbocycles. The Kier molecular flexibility index (Phi) is 4.11. The number of amides is 1. The van der Waals surface area contributed by atoms with Crippen LogP contribution in [0.2, 0.25) is 10.0 Å². The van der Waals surface area contributed by atoms with E-state index in [9.17, 15) is 14.9 Å². The van der Waals surface area contributed by atoms with E-state index in [1.807, 2.05) is 0 Å². The van der Waals surface area contributed by atoms with Crippen molar-refractivity contribution in [1.82, 2.24) is 9.97 Å². The van der Waals surface area contributed by atoms with Crippen LogP contribution in [0.1, 0.15) is 10.4 Å².